The van der Waals surface area contributed by atoms with Crippen molar-refractivity contribution in [2.24, 2.45) is 29.6 Å². The van der Waals surface area contributed by atoms with E-state index in [-0.39, 0.29) is 57.4 Å². The van der Waals surface area contributed by atoms with E-state index in [1.165, 1.54) is 21.8 Å². The van der Waals surface area contributed by atoms with Gasteiger partial charge in [-0.15, -0.1) is 11.8 Å². The molecule has 3 fully saturated rings. The third-order valence-electron chi connectivity index (χ3n) is 9.79. The standard InChI is InChI=1S/C34H30N2O5S2/c1-17-6-5-7-18(14-17)16-41-24-9-4-3-8-21(24)25-26-22-15-23(29(26)42-31-30(25)43-34(39)35-31)28-27(22)32(37)36(33(28)38)19-10-12-20(40-2)13-11-19/h3-14,22-23,25-29H,15-16H2,1-2H3,(H,35,39)/t22-,23-,25+,26+,27+,28+,29-/m1/s1. The summed E-state index contributed by atoms with van der Waals surface area (Å²) in [5, 5.41) is 1.01. The number of aromatic nitrogens is 1. The molecule has 2 saturated carbocycles. The number of imide groups is 1. The van der Waals surface area contributed by atoms with E-state index in [0.717, 1.165) is 33.2 Å². The van der Waals surface area contributed by atoms with E-state index in [0.29, 0.717) is 18.0 Å². The Balaban J connectivity index is 1.17. The van der Waals surface area contributed by atoms with Crippen LogP contribution in [0.25, 0.3) is 0 Å². The van der Waals surface area contributed by atoms with Crippen LogP contribution in [0, 0.1) is 36.5 Å². The van der Waals surface area contributed by atoms with Gasteiger partial charge in [-0.05, 0) is 67.0 Å². The van der Waals surface area contributed by atoms with Crippen LogP contribution in [0.3, 0.4) is 0 Å². The molecular weight excluding hydrogens is 581 g/mol. The average Bonchev–Trinajstić information content (AvgIpc) is 3.75. The molecule has 2 aliphatic heterocycles. The molecule has 4 aromatic rings. The van der Waals surface area contributed by atoms with E-state index in [4.69, 9.17) is 9.47 Å². The number of methoxy groups -OCH3 is 1. The average molecular weight is 611 g/mol. The number of carbonyl (C=O) groups excluding carboxylic acids is 2. The fourth-order valence-electron chi connectivity index (χ4n) is 8.18. The Labute approximate surface area is 257 Å². The number of nitrogens with zero attached hydrogens (tertiary/aromatic N) is 1. The van der Waals surface area contributed by atoms with Gasteiger partial charge in [-0.1, -0.05) is 59.4 Å². The maximum Gasteiger partial charge on any atom is 0.305 e. The number of carbonyl (C=O) groups is 2. The van der Waals surface area contributed by atoms with Crippen molar-refractivity contribution in [3.63, 3.8) is 0 Å². The number of ether oxygens (including phenoxy) is 2. The molecule has 2 amide bonds. The molecule has 1 aromatic heterocycles. The lowest BCUT2D eigenvalue weighted by Gasteiger charge is -2.43. The predicted octanol–water partition coefficient (Wildman–Crippen LogP) is 6.01. The van der Waals surface area contributed by atoms with E-state index < -0.39 is 0 Å². The molecule has 7 nitrogen and oxygen atoms in total. The van der Waals surface area contributed by atoms with Crippen LogP contribution >= 0.6 is 23.1 Å². The van der Waals surface area contributed by atoms with Crippen molar-refractivity contribution < 1.29 is 19.1 Å². The lowest BCUT2D eigenvalue weighted by molar-refractivity contribution is -0.123. The number of hydrogen-bond donors (Lipinski definition) is 1. The van der Waals surface area contributed by atoms with Gasteiger partial charge in [0.2, 0.25) is 11.8 Å². The summed E-state index contributed by atoms with van der Waals surface area (Å²) in [5.74, 6) is 0.656. The number of para-hydroxylation sites is 1. The highest BCUT2D eigenvalue weighted by molar-refractivity contribution is 8.00. The number of amides is 2. The number of fused-ring (bicyclic) bond motifs is 9. The number of aryl methyl sites for hydroxylation is 1. The van der Waals surface area contributed by atoms with E-state index in [1.807, 2.05) is 24.3 Å². The van der Waals surface area contributed by atoms with Crippen molar-refractivity contribution >= 4 is 40.6 Å². The monoisotopic (exact) mass is 610 g/mol. The second kappa shape index (κ2) is 10.1. The minimum Gasteiger partial charge on any atom is -0.497 e. The van der Waals surface area contributed by atoms with Crippen LogP contribution in [0.15, 0.2) is 82.6 Å². The SMILES string of the molecule is COc1ccc(N2C(=O)[C@H]3[C@H]4C[C@@H]([C@@H]3C2=O)[C@H]2[C@H](c3ccccc3OCc3cccc(C)c3)c3sc(=O)[nH]c3S[C@H]42)cc1. The van der Waals surface area contributed by atoms with E-state index in [9.17, 15) is 14.4 Å². The number of nitrogens with one attached hydrogen (secondary N) is 1. The summed E-state index contributed by atoms with van der Waals surface area (Å²) < 4.78 is 11.8. The lowest BCUT2D eigenvalue weighted by Crippen LogP contribution is -2.42. The predicted molar refractivity (Wildman–Crippen MR) is 166 cm³/mol. The minimum atomic E-state index is -0.360. The van der Waals surface area contributed by atoms with Gasteiger partial charge in [0.15, 0.2) is 0 Å². The maximum atomic E-state index is 14.1. The second-order valence-electron chi connectivity index (χ2n) is 12.0. The molecule has 8 rings (SSSR count). The molecular formula is C34H30N2O5S2. The zero-order valence-electron chi connectivity index (χ0n) is 23.7. The number of benzene rings is 3. The molecule has 2 aliphatic carbocycles. The van der Waals surface area contributed by atoms with Crippen LogP contribution in [-0.2, 0) is 16.2 Å². The van der Waals surface area contributed by atoms with Gasteiger partial charge in [0.25, 0.3) is 0 Å². The molecule has 3 heterocycles. The highest BCUT2D eigenvalue weighted by atomic mass is 32.2. The van der Waals surface area contributed by atoms with Crippen molar-refractivity contribution in [2.75, 3.05) is 12.0 Å². The molecule has 9 heteroatoms. The summed E-state index contributed by atoms with van der Waals surface area (Å²) in [6.45, 7) is 2.50. The first-order valence-corrected chi connectivity index (χ1v) is 16.3. The van der Waals surface area contributed by atoms with Crippen molar-refractivity contribution in [1.82, 2.24) is 4.98 Å². The first-order valence-electron chi connectivity index (χ1n) is 14.6. The minimum absolute atomic E-state index is 0.0346. The van der Waals surface area contributed by atoms with Crippen LogP contribution in [0.1, 0.15) is 33.9 Å². The molecule has 0 spiro atoms. The number of aromatic amines is 1. The zero-order valence-corrected chi connectivity index (χ0v) is 25.3. The smallest absolute Gasteiger partial charge is 0.305 e. The maximum absolute atomic E-state index is 14.1. The van der Waals surface area contributed by atoms with Gasteiger partial charge in [0, 0.05) is 21.6 Å². The zero-order chi connectivity index (χ0) is 29.4. The molecule has 0 unspecified atom stereocenters. The van der Waals surface area contributed by atoms with Gasteiger partial charge in [-0.3, -0.25) is 19.3 Å². The first kappa shape index (κ1) is 26.8. The van der Waals surface area contributed by atoms with Gasteiger partial charge in [-0.2, -0.15) is 0 Å². The number of thioether (sulfide) groups is 1. The van der Waals surface area contributed by atoms with Crippen molar-refractivity contribution in [2.45, 2.75) is 36.1 Å². The summed E-state index contributed by atoms with van der Waals surface area (Å²) in [6.07, 6.45) is 0.841. The highest BCUT2D eigenvalue weighted by Crippen LogP contribution is 2.69. The third-order valence-corrected chi connectivity index (χ3v) is 12.4. The molecule has 43 heavy (non-hydrogen) atoms. The summed E-state index contributed by atoms with van der Waals surface area (Å²) >= 11 is 2.96. The molecule has 0 radical (unpaired) electrons. The first-order chi connectivity index (χ1) is 20.9. The molecule has 218 valence electrons. The van der Waals surface area contributed by atoms with Crippen molar-refractivity contribution in [3.05, 3.63) is 104 Å². The number of rotatable bonds is 6. The van der Waals surface area contributed by atoms with Crippen molar-refractivity contribution in [3.8, 4) is 11.5 Å². The fraction of sp³-hybridized carbons (Fsp3) is 0.324. The quantitative estimate of drug-likeness (QED) is 0.269. The third kappa shape index (κ3) is 4.12. The Morgan fingerprint density at radius 1 is 0.930 bits per heavy atom. The summed E-state index contributed by atoms with van der Waals surface area (Å²) in [7, 11) is 1.59. The van der Waals surface area contributed by atoms with Gasteiger partial charge in [0.1, 0.15) is 18.1 Å². The second-order valence-corrected chi connectivity index (χ2v) is 14.2. The Morgan fingerprint density at radius 2 is 1.70 bits per heavy atom. The van der Waals surface area contributed by atoms with Gasteiger partial charge >= 0.3 is 4.87 Å². The number of H-pyrrole nitrogens is 1. The Hall–Kier alpha value is -3.82. The van der Waals surface area contributed by atoms with Crippen LogP contribution in [-0.4, -0.2) is 29.2 Å². The van der Waals surface area contributed by atoms with Crippen LogP contribution in [0.2, 0.25) is 0 Å². The largest absolute Gasteiger partial charge is 0.497 e. The van der Waals surface area contributed by atoms with Crippen LogP contribution in [0.5, 0.6) is 11.5 Å². The molecule has 3 aromatic carbocycles. The van der Waals surface area contributed by atoms with E-state index in [1.54, 1.807) is 43.1 Å². The summed E-state index contributed by atoms with van der Waals surface area (Å²) in [6, 6.07) is 23.5. The number of thiazole rings is 1. The Morgan fingerprint density at radius 3 is 2.47 bits per heavy atom. The molecule has 4 aliphatic rings. The lowest BCUT2D eigenvalue weighted by atomic mass is 9.68. The van der Waals surface area contributed by atoms with Crippen LogP contribution < -0.4 is 19.2 Å². The Kier molecular flexibility index (Phi) is 6.31. The van der Waals surface area contributed by atoms with Crippen LogP contribution in [0.4, 0.5) is 5.69 Å². The molecule has 1 N–H and O–H groups in total. The summed E-state index contributed by atoms with van der Waals surface area (Å²) in [5.41, 5.74) is 3.90. The number of anilines is 1. The summed E-state index contributed by atoms with van der Waals surface area (Å²) in [4.78, 5) is 46.1. The molecule has 1 saturated heterocycles. The molecule has 7 atom stereocenters. The van der Waals surface area contributed by atoms with Gasteiger partial charge in [-0.25, -0.2) is 0 Å². The molecule has 2 bridgehead atoms. The number of hydrogen-bond acceptors (Lipinski definition) is 7. The Bertz CT molecular complexity index is 1810. The van der Waals surface area contributed by atoms with Gasteiger partial charge in [0.05, 0.1) is 29.7 Å². The normalized spacial score (nSPS) is 28.5. The van der Waals surface area contributed by atoms with Gasteiger partial charge < -0.3 is 14.5 Å². The van der Waals surface area contributed by atoms with Crippen molar-refractivity contribution in [1.29, 1.82) is 0 Å². The topological polar surface area (TPSA) is 88.7 Å². The highest BCUT2D eigenvalue weighted by Gasteiger charge is 2.69. The van der Waals surface area contributed by atoms with E-state index >= 15 is 0 Å². The fourth-order valence-corrected chi connectivity index (χ4v) is 11.1. The van der Waals surface area contributed by atoms with E-state index in [2.05, 4.69) is 36.2 Å².